The lowest BCUT2D eigenvalue weighted by molar-refractivity contribution is -0.919. The molecule has 24 heavy (non-hydrogen) atoms. The van der Waals surface area contributed by atoms with Gasteiger partial charge in [0.1, 0.15) is 6.04 Å². The van der Waals surface area contributed by atoms with Gasteiger partial charge in [-0.3, -0.25) is 9.59 Å². The summed E-state index contributed by atoms with van der Waals surface area (Å²) in [5, 5.41) is 0.982. The molecule has 0 radical (unpaired) electrons. The van der Waals surface area contributed by atoms with Crippen LogP contribution in [0.2, 0.25) is 0 Å². The Bertz CT molecular complexity index is 729. The Morgan fingerprint density at radius 3 is 2.71 bits per heavy atom. The number of likely N-dealkylation sites (tertiary alicyclic amines) is 1. The molecule has 0 aliphatic carbocycles. The minimum atomic E-state index is -0.104. The van der Waals surface area contributed by atoms with Crippen molar-refractivity contribution < 1.29 is 19.2 Å². The van der Waals surface area contributed by atoms with Crippen LogP contribution in [-0.4, -0.2) is 42.5 Å². The van der Waals surface area contributed by atoms with E-state index in [1.807, 2.05) is 44.3 Å². The Morgan fingerprint density at radius 1 is 1.29 bits per heavy atom. The third kappa shape index (κ3) is 3.22. The van der Waals surface area contributed by atoms with Crippen LogP contribution in [0.25, 0.3) is 10.9 Å². The molecule has 1 aromatic heterocycles. The lowest BCUT2D eigenvalue weighted by Gasteiger charge is -2.31. The van der Waals surface area contributed by atoms with Gasteiger partial charge in [0.15, 0.2) is 0 Å². The van der Waals surface area contributed by atoms with E-state index in [1.54, 1.807) is 0 Å². The summed E-state index contributed by atoms with van der Waals surface area (Å²) >= 11 is 0. The number of hydrogen-bond donors (Lipinski definition) is 2. The largest absolute Gasteiger partial charge is 0.466 e. The van der Waals surface area contributed by atoms with Crippen LogP contribution in [0.3, 0.4) is 0 Å². The lowest BCUT2D eigenvalue weighted by atomic mass is 9.94. The Labute approximate surface area is 142 Å². The molecule has 0 saturated carbocycles. The van der Waals surface area contributed by atoms with Crippen LogP contribution >= 0.6 is 0 Å². The average molecular weight is 329 g/mol. The number of ketones is 1. The van der Waals surface area contributed by atoms with Gasteiger partial charge in [-0.1, -0.05) is 18.2 Å². The highest BCUT2D eigenvalue weighted by Crippen LogP contribution is 2.19. The number of aromatic amines is 1. The van der Waals surface area contributed by atoms with E-state index in [0.717, 1.165) is 42.4 Å². The van der Waals surface area contributed by atoms with E-state index < -0.39 is 0 Å². The summed E-state index contributed by atoms with van der Waals surface area (Å²) in [5.41, 5.74) is 1.75. The summed E-state index contributed by atoms with van der Waals surface area (Å²) in [6.45, 7) is 5.92. The molecular weight excluding hydrogens is 304 g/mol. The summed E-state index contributed by atoms with van der Waals surface area (Å²) in [6.07, 6.45) is 3.40. The standard InChI is InChI=1S/C19H24N2O3/c1-3-24-19(23)14-8-10-21(11-9-14)13(2)18(22)16-12-20-17-7-5-4-6-15(16)17/h4-7,12-14,20H,3,8-11H2,1-2H3/p+1/t13-/m1/s1. The summed E-state index contributed by atoms with van der Waals surface area (Å²) in [5.74, 6) is 0.0632. The number of benzene rings is 1. The lowest BCUT2D eigenvalue weighted by Crippen LogP contribution is -3.17. The number of carbonyl (C=O) groups excluding carboxylic acids is 2. The fourth-order valence-electron chi connectivity index (χ4n) is 3.61. The van der Waals surface area contributed by atoms with Crippen LogP contribution in [0, 0.1) is 5.92 Å². The van der Waals surface area contributed by atoms with E-state index in [2.05, 4.69) is 4.98 Å². The minimum Gasteiger partial charge on any atom is -0.466 e. The van der Waals surface area contributed by atoms with Crippen molar-refractivity contribution in [2.45, 2.75) is 32.7 Å². The molecule has 5 heteroatoms. The van der Waals surface area contributed by atoms with Crippen molar-refractivity contribution in [2.75, 3.05) is 19.7 Å². The first kappa shape index (κ1) is 16.7. The monoisotopic (exact) mass is 329 g/mol. The molecule has 1 aliphatic heterocycles. The first-order valence-corrected chi connectivity index (χ1v) is 8.73. The normalized spacial score (nSPS) is 22.2. The van der Waals surface area contributed by atoms with Crippen LogP contribution in [0.15, 0.2) is 30.5 Å². The maximum atomic E-state index is 12.9. The van der Waals surface area contributed by atoms with Gasteiger partial charge < -0.3 is 14.6 Å². The van der Waals surface area contributed by atoms with Crippen molar-refractivity contribution in [2.24, 2.45) is 5.92 Å². The van der Waals surface area contributed by atoms with E-state index in [0.29, 0.717) is 6.61 Å². The van der Waals surface area contributed by atoms with Crippen LogP contribution in [-0.2, 0) is 9.53 Å². The second-order valence-corrected chi connectivity index (χ2v) is 6.52. The zero-order valence-electron chi connectivity index (χ0n) is 14.3. The van der Waals surface area contributed by atoms with Gasteiger partial charge in [0.25, 0.3) is 0 Å². The molecule has 2 heterocycles. The number of para-hydroxylation sites is 1. The third-order valence-electron chi connectivity index (χ3n) is 5.11. The Kier molecular flexibility index (Phi) is 5.00. The highest BCUT2D eigenvalue weighted by Gasteiger charge is 2.34. The van der Waals surface area contributed by atoms with Crippen LogP contribution < -0.4 is 4.90 Å². The number of esters is 1. The summed E-state index contributed by atoms with van der Waals surface area (Å²) < 4.78 is 5.11. The maximum absolute atomic E-state index is 12.9. The first-order valence-electron chi connectivity index (χ1n) is 8.73. The number of piperidine rings is 1. The smallest absolute Gasteiger partial charge is 0.309 e. The molecule has 1 fully saturated rings. The average Bonchev–Trinajstić information content (AvgIpc) is 3.05. The molecule has 0 unspecified atom stereocenters. The molecule has 3 rings (SSSR count). The Morgan fingerprint density at radius 2 is 2.00 bits per heavy atom. The van der Waals surface area contributed by atoms with Crippen LogP contribution in [0.4, 0.5) is 0 Å². The van der Waals surface area contributed by atoms with E-state index >= 15 is 0 Å². The van der Waals surface area contributed by atoms with Gasteiger partial charge in [-0.15, -0.1) is 0 Å². The number of carbonyl (C=O) groups is 2. The number of ether oxygens (including phenoxy) is 1. The van der Waals surface area contributed by atoms with Gasteiger partial charge in [-0.25, -0.2) is 0 Å². The van der Waals surface area contributed by atoms with Gasteiger partial charge in [0.2, 0.25) is 5.78 Å². The molecule has 5 nitrogen and oxygen atoms in total. The van der Waals surface area contributed by atoms with E-state index in [4.69, 9.17) is 4.74 Å². The Hall–Kier alpha value is -2.14. The van der Waals surface area contributed by atoms with Crippen molar-refractivity contribution in [1.82, 2.24) is 4.98 Å². The first-order chi connectivity index (χ1) is 11.6. The van der Waals surface area contributed by atoms with Gasteiger partial charge in [-0.05, 0) is 19.9 Å². The number of Topliss-reactive ketones (excluding diaryl/α,β-unsaturated/α-hetero) is 1. The molecule has 2 N–H and O–H groups in total. The van der Waals surface area contributed by atoms with Crippen LogP contribution in [0.5, 0.6) is 0 Å². The predicted molar refractivity (Wildman–Crippen MR) is 92.1 cm³/mol. The third-order valence-corrected chi connectivity index (χ3v) is 5.11. The molecule has 0 bridgehead atoms. The van der Waals surface area contributed by atoms with E-state index in [9.17, 15) is 9.59 Å². The fourth-order valence-corrected chi connectivity index (χ4v) is 3.61. The van der Waals surface area contributed by atoms with Crippen molar-refractivity contribution in [3.05, 3.63) is 36.0 Å². The topological polar surface area (TPSA) is 63.6 Å². The number of hydrogen-bond acceptors (Lipinski definition) is 3. The second kappa shape index (κ2) is 7.18. The molecule has 0 amide bonds. The van der Waals surface area contributed by atoms with Gasteiger partial charge in [-0.2, -0.15) is 0 Å². The molecule has 1 saturated heterocycles. The zero-order valence-corrected chi connectivity index (χ0v) is 14.3. The number of aromatic nitrogens is 1. The van der Waals surface area contributed by atoms with Crippen molar-refractivity contribution >= 4 is 22.7 Å². The fraction of sp³-hybridized carbons (Fsp3) is 0.474. The minimum absolute atomic E-state index is 0.0101. The highest BCUT2D eigenvalue weighted by molar-refractivity contribution is 6.09. The number of H-pyrrole nitrogens is 1. The van der Waals surface area contributed by atoms with Crippen molar-refractivity contribution in [3.8, 4) is 0 Å². The number of quaternary nitrogens is 1. The Balaban J connectivity index is 1.66. The van der Waals surface area contributed by atoms with Gasteiger partial charge >= 0.3 is 5.97 Å². The van der Waals surface area contributed by atoms with E-state index in [-0.39, 0.29) is 23.7 Å². The molecule has 1 aromatic carbocycles. The molecule has 2 aromatic rings. The van der Waals surface area contributed by atoms with Crippen molar-refractivity contribution in [1.29, 1.82) is 0 Å². The molecular formula is C19H25N2O3+. The number of nitrogens with one attached hydrogen (secondary N) is 2. The van der Waals surface area contributed by atoms with Crippen LogP contribution in [0.1, 0.15) is 37.0 Å². The molecule has 128 valence electrons. The SMILES string of the molecule is CCOC(=O)C1CC[NH+]([C@H](C)C(=O)c2c[nH]c3ccccc23)CC1. The summed E-state index contributed by atoms with van der Waals surface area (Å²) in [6, 6.07) is 7.77. The number of fused-ring (bicyclic) bond motifs is 1. The predicted octanol–water partition coefficient (Wildman–Crippen LogP) is 1.60. The molecule has 1 atom stereocenters. The highest BCUT2D eigenvalue weighted by atomic mass is 16.5. The second-order valence-electron chi connectivity index (χ2n) is 6.52. The zero-order chi connectivity index (χ0) is 17.1. The van der Waals surface area contributed by atoms with Crippen molar-refractivity contribution in [3.63, 3.8) is 0 Å². The molecule has 0 spiro atoms. The van der Waals surface area contributed by atoms with Gasteiger partial charge in [0, 0.05) is 35.5 Å². The summed E-state index contributed by atoms with van der Waals surface area (Å²) in [4.78, 5) is 29.2. The maximum Gasteiger partial charge on any atom is 0.309 e. The summed E-state index contributed by atoms with van der Waals surface area (Å²) in [7, 11) is 0. The number of rotatable bonds is 5. The molecule has 1 aliphatic rings. The van der Waals surface area contributed by atoms with E-state index in [1.165, 1.54) is 4.90 Å². The van der Waals surface area contributed by atoms with Gasteiger partial charge in [0.05, 0.1) is 25.6 Å². The quantitative estimate of drug-likeness (QED) is 0.647.